The lowest BCUT2D eigenvalue weighted by Gasteiger charge is -2.18. The van der Waals surface area contributed by atoms with Gasteiger partial charge in [-0.1, -0.05) is 0 Å². The Hall–Kier alpha value is -2.16. The summed E-state index contributed by atoms with van der Waals surface area (Å²) in [5.74, 6) is -0.118. The largest absolute Gasteiger partial charge is 0.444 e. The minimum absolute atomic E-state index is 0.118. The van der Waals surface area contributed by atoms with Crippen LogP contribution in [0.1, 0.15) is 20.8 Å². The normalized spacial score (nSPS) is 11.5. The zero-order chi connectivity index (χ0) is 16.2. The van der Waals surface area contributed by atoms with Gasteiger partial charge in [-0.3, -0.25) is 20.1 Å². The molecule has 0 atom stereocenters. The van der Waals surface area contributed by atoms with Crippen molar-refractivity contribution >= 4 is 17.6 Å². The molecule has 0 aliphatic heterocycles. The van der Waals surface area contributed by atoms with E-state index in [2.05, 4.69) is 10.4 Å². The fraction of sp³-hybridized carbons (Fsp3) is 0.667. The van der Waals surface area contributed by atoms with Gasteiger partial charge in [0.1, 0.15) is 11.8 Å². The number of hydrogen-bond acceptors (Lipinski definition) is 6. The van der Waals surface area contributed by atoms with Crippen molar-refractivity contribution in [2.24, 2.45) is 0 Å². The van der Waals surface area contributed by atoms with Gasteiger partial charge in [0.15, 0.2) is 0 Å². The van der Waals surface area contributed by atoms with E-state index in [-0.39, 0.29) is 11.5 Å². The summed E-state index contributed by atoms with van der Waals surface area (Å²) in [7, 11) is 3.77. The molecule has 0 saturated carbocycles. The van der Waals surface area contributed by atoms with Gasteiger partial charge in [-0.05, 0) is 34.9 Å². The second-order valence-corrected chi connectivity index (χ2v) is 5.81. The number of nitrogens with zero attached hydrogens (tertiary/aromatic N) is 4. The van der Waals surface area contributed by atoms with Gasteiger partial charge in [0.05, 0.1) is 11.5 Å². The Balaban J connectivity index is 2.84. The molecule has 0 saturated heterocycles. The average molecular weight is 299 g/mol. The molecule has 0 aliphatic carbocycles. The number of anilines is 1. The molecule has 1 aromatic rings. The Bertz CT molecular complexity index is 518. The maximum Gasteiger partial charge on any atom is 0.413 e. The molecule has 0 bridgehead atoms. The average Bonchev–Trinajstić information content (AvgIpc) is 2.66. The topological polar surface area (TPSA) is 103 Å². The Morgan fingerprint density at radius 2 is 2.14 bits per heavy atom. The van der Waals surface area contributed by atoms with Crippen molar-refractivity contribution in [3.8, 4) is 0 Å². The zero-order valence-electron chi connectivity index (χ0n) is 12.9. The van der Waals surface area contributed by atoms with E-state index in [1.807, 2.05) is 19.0 Å². The van der Waals surface area contributed by atoms with Crippen LogP contribution >= 0.6 is 0 Å². The van der Waals surface area contributed by atoms with Crippen LogP contribution in [0.15, 0.2) is 6.20 Å². The van der Waals surface area contributed by atoms with Crippen LogP contribution in [0.2, 0.25) is 0 Å². The van der Waals surface area contributed by atoms with Crippen molar-refractivity contribution in [1.29, 1.82) is 0 Å². The predicted molar refractivity (Wildman–Crippen MR) is 77.3 cm³/mol. The molecule has 21 heavy (non-hydrogen) atoms. The van der Waals surface area contributed by atoms with E-state index in [9.17, 15) is 14.9 Å². The van der Waals surface area contributed by atoms with Crippen molar-refractivity contribution in [3.63, 3.8) is 0 Å². The SMILES string of the molecule is CN(C)CCn1cc([N+](=O)[O-])c(NC(=O)OC(C)(C)C)n1. The standard InChI is InChI=1S/C12H21N5O4/c1-12(2,3)21-11(18)13-10-9(17(19)20)8-16(14-10)7-6-15(4)5/h8H,6-7H2,1-5H3,(H,13,14,18). The van der Waals surface area contributed by atoms with Gasteiger partial charge < -0.3 is 9.64 Å². The third-order valence-corrected chi connectivity index (χ3v) is 2.33. The van der Waals surface area contributed by atoms with E-state index in [1.165, 1.54) is 10.9 Å². The summed E-state index contributed by atoms with van der Waals surface area (Å²) in [4.78, 5) is 24.0. The quantitative estimate of drug-likeness (QED) is 0.655. The van der Waals surface area contributed by atoms with E-state index in [0.29, 0.717) is 13.1 Å². The second kappa shape index (κ2) is 6.53. The Kier molecular flexibility index (Phi) is 5.25. The summed E-state index contributed by atoms with van der Waals surface area (Å²) in [6.07, 6.45) is 0.513. The maximum absolute atomic E-state index is 11.7. The lowest BCUT2D eigenvalue weighted by atomic mass is 10.2. The molecule has 9 nitrogen and oxygen atoms in total. The highest BCUT2D eigenvalue weighted by molar-refractivity contribution is 5.86. The summed E-state index contributed by atoms with van der Waals surface area (Å²) in [6, 6.07) is 0. The fourth-order valence-electron chi connectivity index (χ4n) is 1.45. The number of rotatable bonds is 5. The minimum atomic E-state index is -0.775. The number of carbonyl (C=O) groups is 1. The van der Waals surface area contributed by atoms with Crippen molar-refractivity contribution in [2.45, 2.75) is 32.9 Å². The summed E-state index contributed by atoms with van der Waals surface area (Å²) in [5, 5.41) is 17.3. The second-order valence-electron chi connectivity index (χ2n) is 5.81. The van der Waals surface area contributed by atoms with E-state index in [1.54, 1.807) is 20.8 Å². The zero-order valence-corrected chi connectivity index (χ0v) is 12.9. The lowest BCUT2D eigenvalue weighted by molar-refractivity contribution is -0.384. The Morgan fingerprint density at radius 1 is 1.52 bits per heavy atom. The molecule has 1 rings (SSSR count). The van der Waals surface area contributed by atoms with Gasteiger partial charge >= 0.3 is 11.8 Å². The first-order valence-electron chi connectivity index (χ1n) is 6.45. The third kappa shape index (κ3) is 5.78. The first kappa shape index (κ1) is 16.9. The van der Waals surface area contributed by atoms with Gasteiger partial charge in [0, 0.05) is 6.54 Å². The van der Waals surface area contributed by atoms with Crippen LogP contribution < -0.4 is 5.32 Å². The fourth-order valence-corrected chi connectivity index (χ4v) is 1.45. The number of carbonyl (C=O) groups excluding carboxylic acids is 1. The molecule has 1 N–H and O–H groups in total. The van der Waals surface area contributed by atoms with Crippen LogP contribution in [0, 0.1) is 10.1 Å². The highest BCUT2D eigenvalue weighted by Crippen LogP contribution is 2.22. The number of aromatic nitrogens is 2. The molecule has 0 radical (unpaired) electrons. The van der Waals surface area contributed by atoms with Crippen LogP contribution in [0.25, 0.3) is 0 Å². The number of hydrogen-bond donors (Lipinski definition) is 1. The number of nitrogens with one attached hydrogen (secondary N) is 1. The first-order valence-corrected chi connectivity index (χ1v) is 6.45. The van der Waals surface area contributed by atoms with Gasteiger partial charge in [-0.15, -0.1) is 5.10 Å². The first-order chi connectivity index (χ1) is 9.58. The van der Waals surface area contributed by atoms with E-state index in [4.69, 9.17) is 4.74 Å². The molecule has 0 fully saturated rings. The monoisotopic (exact) mass is 299 g/mol. The number of amides is 1. The highest BCUT2D eigenvalue weighted by Gasteiger charge is 2.24. The predicted octanol–water partition coefficient (Wildman–Crippen LogP) is 1.70. The molecule has 0 aromatic carbocycles. The molecule has 1 aromatic heterocycles. The molecule has 9 heteroatoms. The van der Waals surface area contributed by atoms with Crippen LogP contribution in [0.3, 0.4) is 0 Å². The van der Waals surface area contributed by atoms with Crippen LogP contribution in [0.4, 0.5) is 16.3 Å². The van der Waals surface area contributed by atoms with Crippen LogP contribution in [0.5, 0.6) is 0 Å². The lowest BCUT2D eigenvalue weighted by Crippen LogP contribution is -2.27. The van der Waals surface area contributed by atoms with Gasteiger partial charge in [0.2, 0.25) is 5.82 Å². The van der Waals surface area contributed by atoms with Crippen molar-refractivity contribution in [2.75, 3.05) is 26.0 Å². The molecular weight excluding hydrogens is 278 g/mol. The summed E-state index contributed by atoms with van der Waals surface area (Å²) in [5.41, 5.74) is -0.952. The van der Waals surface area contributed by atoms with Crippen molar-refractivity contribution < 1.29 is 14.5 Å². The van der Waals surface area contributed by atoms with E-state index < -0.39 is 16.6 Å². The smallest absolute Gasteiger partial charge is 0.413 e. The van der Waals surface area contributed by atoms with Crippen molar-refractivity contribution in [3.05, 3.63) is 16.3 Å². The van der Waals surface area contributed by atoms with Crippen LogP contribution in [-0.2, 0) is 11.3 Å². The number of likely N-dealkylation sites (N-methyl/N-ethyl adjacent to an activating group) is 1. The molecule has 1 amide bonds. The number of nitro groups is 1. The highest BCUT2D eigenvalue weighted by atomic mass is 16.6. The van der Waals surface area contributed by atoms with Gasteiger partial charge in [0.25, 0.3) is 0 Å². The molecule has 1 heterocycles. The summed E-state index contributed by atoms with van der Waals surface area (Å²) >= 11 is 0. The number of ether oxygens (including phenoxy) is 1. The van der Waals surface area contributed by atoms with Crippen LogP contribution in [-0.4, -0.2) is 51.9 Å². The van der Waals surface area contributed by atoms with Crippen molar-refractivity contribution in [1.82, 2.24) is 14.7 Å². The summed E-state index contributed by atoms with van der Waals surface area (Å²) in [6.45, 7) is 6.26. The molecule has 0 unspecified atom stereocenters. The molecule has 118 valence electrons. The molecule has 0 spiro atoms. The Labute approximate surface area is 123 Å². The Morgan fingerprint density at radius 3 is 2.62 bits per heavy atom. The summed E-state index contributed by atoms with van der Waals surface area (Å²) < 4.78 is 6.48. The van der Waals surface area contributed by atoms with Gasteiger partial charge in [-0.25, -0.2) is 4.79 Å². The minimum Gasteiger partial charge on any atom is -0.444 e. The molecule has 0 aliphatic rings. The van der Waals surface area contributed by atoms with E-state index in [0.717, 1.165) is 0 Å². The van der Waals surface area contributed by atoms with E-state index >= 15 is 0 Å². The third-order valence-electron chi connectivity index (χ3n) is 2.33. The maximum atomic E-state index is 11.7. The van der Waals surface area contributed by atoms with Gasteiger partial charge in [-0.2, -0.15) is 0 Å². The molecular formula is C12H21N5O4.